The summed E-state index contributed by atoms with van der Waals surface area (Å²) in [6, 6.07) is 6.21. The number of aromatic nitrogens is 1. The van der Waals surface area contributed by atoms with E-state index in [2.05, 4.69) is 34.3 Å². The Bertz CT molecular complexity index is 351. The molecule has 1 aromatic rings. The van der Waals surface area contributed by atoms with Gasteiger partial charge in [0.2, 0.25) is 0 Å². The lowest BCUT2D eigenvalue weighted by molar-refractivity contribution is 0.270. The fourth-order valence-corrected chi connectivity index (χ4v) is 2.42. The van der Waals surface area contributed by atoms with Crippen molar-refractivity contribution in [3.05, 3.63) is 23.9 Å². The van der Waals surface area contributed by atoms with E-state index in [-0.39, 0.29) is 0 Å². The molecule has 0 aliphatic carbocycles. The molecule has 1 aliphatic rings. The minimum atomic E-state index is 0.886. The van der Waals surface area contributed by atoms with Crippen LogP contribution in [0.25, 0.3) is 0 Å². The third-order valence-corrected chi connectivity index (χ3v) is 3.56. The SMILES string of the molecule is CNc1cccc(CN2CCCC(C)CC2)n1. The van der Waals surface area contributed by atoms with Gasteiger partial charge in [-0.1, -0.05) is 13.0 Å². The molecular formula is C14H23N3. The first kappa shape index (κ1) is 12.4. The van der Waals surface area contributed by atoms with Gasteiger partial charge in [0, 0.05) is 13.6 Å². The van der Waals surface area contributed by atoms with Crippen molar-refractivity contribution in [1.29, 1.82) is 0 Å². The molecule has 1 saturated heterocycles. The first-order valence-electron chi connectivity index (χ1n) is 6.64. The molecule has 1 aromatic heterocycles. The highest BCUT2D eigenvalue weighted by Gasteiger charge is 2.14. The predicted octanol–water partition coefficient (Wildman–Crippen LogP) is 2.75. The third-order valence-electron chi connectivity index (χ3n) is 3.56. The second kappa shape index (κ2) is 6.01. The number of hydrogen-bond acceptors (Lipinski definition) is 3. The van der Waals surface area contributed by atoms with Crippen molar-refractivity contribution in [3.63, 3.8) is 0 Å². The molecule has 2 rings (SSSR count). The van der Waals surface area contributed by atoms with Crippen LogP contribution in [0.15, 0.2) is 18.2 Å². The van der Waals surface area contributed by atoms with Crippen LogP contribution in [0.4, 0.5) is 5.82 Å². The highest BCUT2D eigenvalue weighted by atomic mass is 15.1. The van der Waals surface area contributed by atoms with Crippen molar-refractivity contribution in [1.82, 2.24) is 9.88 Å². The van der Waals surface area contributed by atoms with Gasteiger partial charge in [-0.3, -0.25) is 4.90 Å². The molecule has 94 valence electrons. The summed E-state index contributed by atoms with van der Waals surface area (Å²) in [5.41, 5.74) is 1.17. The molecule has 3 heteroatoms. The fraction of sp³-hybridized carbons (Fsp3) is 0.643. The fourth-order valence-electron chi connectivity index (χ4n) is 2.42. The summed E-state index contributed by atoms with van der Waals surface area (Å²) in [5, 5.41) is 3.09. The molecule has 1 atom stereocenters. The first-order chi connectivity index (χ1) is 8.28. The number of pyridine rings is 1. The Labute approximate surface area is 104 Å². The van der Waals surface area contributed by atoms with Crippen LogP contribution in [0.1, 0.15) is 31.9 Å². The predicted molar refractivity (Wildman–Crippen MR) is 72.1 cm³/mol. The van der Waals surface area contributed by atoms with E-state index in [0.29, 0.717) is 0 Å². The first-order valence-corrected chi connectivity index (χ1v) is 6.64. The van der Waals surface area contributed by atoms with E-state index in [0.717, 1.165) is 18.3 Å². The third kappa shape index (κ3) is 3.70. The highest BCUT2D eigenvalue weighted by molar-refractivity contribution is 5.34. The van der Waals surface area contributed by atoms with Crippen LogP contribution in [-0.4, -0.2) is 30.0 Å². The molecule has 17 heavy (non-hydrogen) atoms. The number of anilines is 1. The van der Waals surface area contributed by atoms with Crippen molar-refractivity contribution in [2.75, 3.05) is 25.5 Å². The normalized spacial score (nSPS) is 22.1. The van der Waals surface area contributed by atoms with E-state index in [4.69, 9.17) is 0 Å². The molecule has 2 heterocycles. The van der Waals surface area contributed by atoms with E-state index in [1.54, 1.807) is 0 Å². The summed E-state index contributed by atoms with van der Waals surface area (Å²) in [7, 11) is 1.92. The van der Waals surface area contributed by atoms with Crippen LogP contribution in [0.3, 0.4) is 0 Å². The number of rotatable bonds is 3. The molecule has 1 aliphatic heterocycles. The summed E-state index contributed by atoms with van der Waals surface area (Å²) in [4.78, 5) is 7.12. The Morgan fingerprint density at radius 1 is 1.35 bits per heavy atom. The molecule has 3 nitrogen and oxygen atoms in total. The van der Waals surface area contributed by atoms with Crippen LogP contribution in [0.5, 0.6) is 0 Å². The molecule has 0 saturated carbocycles. The summed E-state index contributed by atoms with van der Waals surface area (Å²) in [6.45, 7) is 5.79. The van der Waals surface area contributed by atoms with E-state index >= 15 is 0 Å². The Kier molecular flexibility index (Phi) is 4.37. The van der Waals surface area contributed by atoms with Gasteiger partial charge in [-0.15, -0.1) is 0 Å². The topological polar surface area (TPSA) is 28.2 Å². The molecule has 0 amide bonds. The van der Waals surface area contributed by atoms with Gasteiger partial charge in [0.15, 0.2) is 0 Å². The zero-order valence-electron chi connectivity index (χ0n) is 10.9. The number of likely N-dealkylation sites (tertiary alicyclic amines) is 1. The molecule has 0 aromatic carbocycles. The van der Waals surface area contributed by atoms with Gasteiger partial charge < -0.3 is 5.32 Å². The van der Waals surface area contributed by atoms with E-state index < -0.39 is 0 Å². The van der Waals surface area contributed by atoms with Crippen molar-refractivity contribution >= 4 is 5.82 Å². The van der Waals surface area contributed by atoms with Crippen LogP contribution < -0.4 is 5.32 Å². The lowest BCUT2D eigenvalue weighted by atomic mass is 10.0. The standard InChI is InChI=1S/C14H23N3/c1-12-5-4-9-17(10-8-12)11-13-6-3-7-14(15-2)16-13/h3,6-7,12H,4-5,8-11H2,1-2H3,(H,15,16). The lowest BCUT2D eigenvalue weighted by Crippen LogP contribution is -2.24. The van der Waals surface area contributed by atoms with E-state index in [1.807, 2.05) is 13.1 Å². The molecular weight excluding hydrogens is 210 g/mol. The molecule has 0 radical (unpaired) electrons. The summed E-state index contributed by atoms with van der Waals surface area (Å²) in [5.74, 6) is 1.85. The van der Waals surface area contributed by atoms with Crippen LogP contribution in [0.2, 0.25) is 0 Å². The number of nitrogens with one attached hydrogen (secondary N) is 1. The van der Waals surface area contributed by atoms with Crippen molar-refractivity contribution in [2.24, 2.45) is 5.92 Å². The Morgan fingerprint density at radius 3 is 3.06 bits per heavy atom. The zero-order chi connectivity index (χ0) is 12.1. The lowest BCUT2D eigenvalue weighted by Gasteiger charge is -2.19. The summed E-state index contributed by atoms with van der Waals surface area (Å²) >= 11 is 0. The Morgan fingerprint density at radius 2 is 2.24 bits per heavy atom. The van der Waals surface area contributed by atoms with Crippen LogP contribution in [-0.2, 0) is 6.54 Å². The Balaban J connectivity index is 1.94. The van der Waals surface area contributed by atoms with Crippen molar-refractivity contribution in [3.8, 4) is 0 Å². The summed E-state index contributed by atoms with van der Waals surface area (Å²) < 4.78 is 0. The van der Waals surface area contributed by atoms with Crippen LogP contribution in [0, 0.1) is 5.92 Å². The number of nitrogens with zero attached hydrogens (tertiary/aromatic N) is 2. The molecule has 0 spiro atoms. The maximum absolute atomic E-state index is 4.58. The second-order valence-corrected chi connectivity index (χ2v) is 5.08. The van der Waals surface area contributed by atoms with Gasteiger partial charge in [-0.05, 0) is 50.4 Å². The summed E-state index contributed by atoms with van der Waals surface area (Å²) in [6.07, 6.45) is 4.03. The van der Waals surface area contributed by atoms with E-state index in [9.17, 15) is 0 Å². The Hall–Kier alpha value is -1.09. The van der Waals surface area contributed by atoms with E-state index in [1.165, 1.54) is 38.0 Å². The molecule has 1 fully saturated rings. The van der Waals surface area contributed by atoms with Gasteiger partial charge >= 0.3 is 0 Å². The van der Waals surface area contributed by atoms with Crippen molar-refractivity contribution in [2.45, 2.75) is 32.7 Å². The van der Waals surface area contributed by atoms with Gasteiger partial charge in [0.05, 0.1) is 5.69 Å². The average Bonchev–Trinajstić information content (AvgIpc) is 2.55. The quantitative estimate of drug-likeness (QED) is 0.870. The highest BCUT2D eigenvalue weighted by Crippen LogP contribution is 2.18. The maximum atomic E-state index is 4.58. The molecule has 1 unspecified atom stereocenters. The molecule has 0 bridgehead atoms. The maximum Gasteiger partial charge on any atom is 0.126 e. The average molecular weight is 233 g/mol. The zero-order valence-corrected chi connectivity index (χ0v) is 10.9. The van der Waals surface area contributed by atoms with Crippen molar-refractivity contribution < 1.29 is 0 Å². The second-order valence-electron chi connectivity index (χ2n) is 5.08. The van der Waals surface area contributed by atoms with Gasteiger partial charge in [-0.2, -0.15) is 0 Å². The number of hydrogen-bond donors (Lipinski definition) is 1. The monoisotopic (exact) mass is 233 g/mol. The smallest absolute Gasteiger partial charge is 0.126 e. The van der Waals surface area contributed by atoms with Gasteiger partial charge in [-0.25, -0.2) is 4.98 Å². The molecule has 1 N–H and O–H groups in total. The van der Waals surface area contributed by atoms with Gasteiger partial charge in [0.25, 0.3) is 0 Å². The largest absolute Gasteiger partial charge is 0.373 e. The minimum Gasteiger partial charge on any atom is -0.373 e. The van der Waals surface area contributed by atoms with Gasteiger partial charge in [0.1, 0.15) is 5.82 Å². The minimum absolute atomic E-state index is 0.886. The van der Waals surface area contributed by atoms with Crippen LogP contribution >= 0.6 is 0 Å².